The highest BCUT2D eigenvalue weighted by molar-refractivity contribution is 7.18. The number of hydrogen-bond donors (Lipinski definition) is 2. The van der Waals surface area contributed by atoms with Gasteiger partial charge in [0.25, 0.3) is 5.91 Å². The molecule has 1 aromatic heterocycles. The van der Waals surface area contributed by atoms with E-state index in [1.165, 1.54) is 0 Å². The van der Waals surface area contributed by atoms with Crippen LogP contribution in [-0.4, -0.2) is 17.9 Å². The van der Waals surface area contributed by atoms with Gasteiger partial charge in [0, 0.05) is 18.4 Å². The Labute approximate surface area is 126 Å². The molecule has 0 aliphatic rings. The van der Waals surface area contributed by atoms with Crippen molar-refractivity contribution in [3.8, 4) is 0 Å². The summed E-state index contributed by atoms with van der Waals surface area (Å²) in [5.74, 6) is -0.125. The molecule has 3 aromatic rings. The molecular formula is C16H15N3OS. The summed E-state index contributed by atoms with van der Waals surface area (Å²) in [7, 11) is 1.80. The van der Waals surface area contributed by atoms with E-state index in [0.29, 0.717) is 5.56 Å². The summed E-state index contributed by atoms with van der Waals surface area (Å²) in [4.78, 5) is 16.8. The molecule has 106 valence electrons. The summed E-state index contributed by atoms with van der Waals surface area (Å²) in [5.41, 5.74) is 3.18. The second-order valence-corrected chi connectivity index (χ2v) is 5.90. The second kappa shape index (κ2) is 5.54. The zero-order chi connectivity index (χ0) is 14.8. The van der Waals surface area contributed by atoms with Crippen molar-refractivity contribution in [3.05, 3.63) is 53.0 Å². The number of hydrogen-bond acceptors (Lipinski definition) is 4. The van der Waals surface area contributed by atoms with Gasteiger partial charge in [0.1, 0.15) is 0 Å². The van der Waals surface area contributed by atoms with Crippen LogP contribution in [0, 0.1) is 6.92 Å². The maximum Gasteiger partial charge on any atom is 0.257 e. The van der Waals surface area contributed by atoms with Gasteiger partial charge in [-0.1, -0.05) is 12.1 Å². The van der Waals surface area contributed by atoms with Crippen LogP contribution < -0.4 is 10.6 Å². The van der Waals surface area contributed by atoms with Gasteiger partial charge in [0.15, 0.2) is 0 Å². The minimum atomic E-state index is -0.125. The molecule has 1 heterocycles. The highest BCUT2D eigenvalue weighted by atomic mass is 32.1. The Morgan fingerprint density at radius 2 is 2.00 bits per heavy atom. The predicted molar refractivity (Wildman–Crippen MR) is 88.3 cm³/mol. The van der Waals surface area contributed by atoms with Crippen molar-refractivity contribution in [1.29, 1.82) is 0 Å². The molecule has 0 saturated heterocycles. The van der Waals surface area contributed by atoms with Crippen molar-refractivity contribution >= 4 is 38.8 Å². The molecule has 1 amide bonds. The third kappa shape index (κ3) is 2.73. The average Bonchev–Trinajstić information content (AvgIpc) is 2.86. The summed E-state index contributed by atoms with van der Waals surface area (Å²) in [6, 6.07) is 13.2. The van der Waals surface area contributed by atoms with Crippen molar-refractivity contribution in [3.63, 3.8) is 0 Å². The lowest BCUT2D eigenvalue weighted by atomic mass is 10.1. The molecule has 3 rings (SSSR count). The number of nitrogens with one attached hydrogen (secondary N) is 2. The number of benzene rings is 2. The highest BCUT2D eigenvalue weighted by Gasteiger charge is 2.11. The summed E-state index contributed by atoms with van der Waals surface area (Å²) in [6.07, 6.45) is 0. The summed E-state index contributed by atoms with van der Waals surface area (Å²) in [6.45, 7) is 1.98. The Bertz CT molecular complexity index is 810. The second-order valence-electron chi connectivity index (χ2n) is 4.67. The predicted octanol–water partition coefficient (Wildman–Crippen LogP) is 3.90. The van der Waals surface area contributed by atoms with Gasteiger partial charge >= 0.3 is 0 Å². The molecule has 5 heteroatoms. The first kappa shape index (κ1) is 13.6. The Hall–Kier alpha value is -2.40. The molecule has 2 aromatic carbocycles. The number of carbonyl (C=O) groups is 1. The lowest BCUT2D eigenvalue weighted by Crippen LogP contribution is -2.13. The molecule has 0 radical (unpaired) electrons. The van der Waals surface area contributed by atoms with Gasteiger partial charge in [0.2, 0.25) is 0 Å². The van der Waals surface area contributed by atoms with Crippen LogP contribution >= 0.6 is 11.3 Å². The van der Waals surface area contributed by atoms with Crippen LogP contribution in [0.2, 0.25) is 0 Å². The number of carbonyl (C=O) groups excluding carboxylic acids is 1. The van der Waals surface area contributed by atoms with E-state index in [1.807, 2.05) is 43.3 Å². The number of thiazole rings is 1. The topological polar surface area (TPSA) is 54.0 Å². The van der Waals surface area contributed by atoms with Gasteiger partial charge in [-0.3, -0.25) is 4.79 Å². The van der Waals surface area contributed by atoms with Gasteiger partial charge in [-0.05, 0) is 37.3 Å². The van der Waals surface area contributed by atoms with E-state index in [-0.39, 0.29) is 5.91 Å². The molecule has 0 aliphatic carbocycles. The first-order chi connectivity index (χ1) is 10.2. The van der Waals surface area contributed by atoms with Gasteiger partial charge in [0.05, 0.1) is 20.8 Å². The van der Waals surface area contributed by atoms with Crippen LogP contribution in [0.4, 0.5) is 11.4 Å². The molecule has 0 fully saturated rings. The maximum absolute atomic E-state index is 12.4. The number of aryl methyl sites for hydroxylation is 1. The van der Waals surface area contributed by atoms with Crippen LogP contribution in [0.15, 0.2) is 42.5 Å². The largest absolute Gasteiger partial charge is 0.387 e. The monoisotopic (exact) mass is 297 g/mol. The minimum absolute atomic E-state index is 0.125. The Balaban J connectivity index is 1.88. The van der Waals surface area contributed by atoms with E-state index in [9.17, 15) is 4.79 Å². The minimum Gasteiger partial charge on any atom is -0.387 e. The fourth-order valence-corrected chi connectivity index (χ4v) is 3.08. The molecule has 21 heavy (non-hydrogen) atoms. The number of aromatic nitrogens is 1. The Morgan fingerprint density at radius 1 is 1.19 bits per heavy atom. The summed E-state index contributed by atoms with van der Waals surface area (Å²) >= 11 is 1.62. The fraction of sp³-hybridized carbons (Fsp3) is 0.125. The number of para-hydroxylation sites is 1. The van der Waals surface area contributed by atoms with Gasteiger partial charge in [-0.15, -0.1) is 11.3 Å². The Morgan fingerprint density at radius 3 is 2.81 bits per heavy atom. The molecule has 0 spiro atoms. The SMILES string of the molecule is CNc1ccccc1C(=O)Nc1ccc2nc(C)sc2c1. The standard InChI is InChI=1S/C16H15N3OS/c1-10-18-14-8-7-11(9-15(14)21-10)19-16(20)12-5-3-4-6-13(12)17-2/h3-9,17H,1-2H3,(H,19,20). The summed E-state index contributed by atoms with van der Waals surface area (Å²) < 4.78 is 1.08. The van der Waals surface area contributed by atoms with Crippen molar-refractivity contribution < 1.29 is 4.79 Å². The van der Waals surface area contributed by atoms with E-state index < -0.39 is 0 Å². The van der Waals surface area contributed by atoms with E-state index in [4.69, 9.17) is 0 Å². The maximum atomic E-state index is 12.4. The molecule has 0 aliphatic heterocycles. The van der Waals surface area contributed by atoms with E-state index in [0.717, 1.165) is 26.6 Å². The molecule has 0 unspecified atom stereocenters. The van der Waals surface area contributed by atoms with Crippen LogP contribution in [0.25, 0.3) is 10.2 Å². The number of rotatable bonds is 3. The molecule has 0 saturated carbocycles. The molecule has 4 nitrogen and oxygen atoms in total. The smallest absolute Gasteiger partial charge is 0.257 e. The van der Waals surface area contributed by atoms with Gasteiger partial charge in [-0.2, -0.15) is 0 Å². The number of fused-ring (bicyclic) bond motifs is 1. The van der Waals surface area contributed by atoms with E-state index >= 15 is 0 Å². The third-order valence-electron chi connectivity index (χ3n) is 3.19. The summed E-state index contributed by atoms with van der Waals surface area (Å²) in [5, 5.41) is 6.98. The van der Waals surface area contributed by atoms with Crippen molar-refractivity contribution in [2.75, 3.05) is 17.7 Å². The number of anilines is 2. The number of amides is 1. The van der Waals surface area contributed by atoms with Crippen LogP contribution in [0.1, 0.15) is 15.4 Å². The zero-order valence-corrected chi connectivity index (χ0v) is 12.6. The Kier molecular flexibility index (Phi) is 3.58. The van der Waals surface area contributed by atoms with Crippen LogP contribution in [-0.2, 0) is 0 Å². The van der Waals surface area contributed by atoms with Crippen molar-refractivity contribution in [2.24, 2.45) is 0 Å². The third-order valence-corrected chi connectivity index (χ3v) is 4.13. The zero-order valence-electron chi connectivity index (χ0n) is 11.8. The number of nitrogens with zero attached hydrogens (tertiary/aromatic N) is 1. The first-order valence-corrected chi connectivity index (χ1v) is 7.44. The fourth-order valence-electron chi connectivity index (χ4n) is 2.22. The van der Waals surface area contributed by atoms with Crippen molar-refractivity contribution in [1.82, 2.24) is 4.98 Å². The molecule has 2 N–H and O–H groups in total. The van der Waals surface area contributed by atoms with E-state index in [2.05, 4.69) is 15.6 Å². The first-order valence-electron chi connectivity index (χ1n) is 6.62. The molecule has 0 atom stereocenters. The van der Waals surface area contributed by atoms with Crippen LogP contribution in [0.5, 0.6) is 0 Å². The van der Waals surface area contributed by atoms with Crippen molar-refractivity contribution in [2.45, 2.75) is 6.92 Å². The van der Waals surface area contributed by atoms with Gasteiger partial charge in [-0.25, -0.2) is 4.98 Å². The molecule has 0 bridgehead atoms. The van der Waals surface area contributed by atoms with E-state index in [1.54, 1.807) is 24.5 Å². The lowest BCUT2D eigenvalue weighted by Gasteiger charge is -2.09. The normalized spacial score (nSPS) is 10.6. The van der Waals surface area contributed by atoms with Crippen LogP contribution in [0.3, 0.4) is 0 Å². The average molecular weight is 297 g/mol. The quantitative estimate of drug-likeness (QED) is 0.771. The highest BCUT2D eigenvalue weighted by Crippen LogP contribution is 2.25. The molecular weight excluding hydrogens is 282 g/mol. The lowest BCUT2D eigenvalue weighted by molar-refractivity contribution is 0.102. The van der Waals surface area contributed by atoms with Gasteiger partial charge < -0.3 is 10.6 Å².